The van der Waals surface area contributed by atoms with Gasteiger partial charge in [-0.1, -0.05) is 11.6 Å². The number of Topliss-reactive ketones (excluding diaryl/α,β-unsaturated/α-hetero) is 1. The molecule has 10 heteroatoms. The Morgan fingerprint density at radius 3 is 2.66 bits per heavy atom. The molecule has 2 bridgehead atoms. The fourth-order valence-electron chi connectivity index (χ4n) is 6.93. The van der Waals surface area contributed by atoms with Gasteiger partial charge in [-0.2, -0.15) is 8.78 Å². The van der Waals surface area contributed by atoms with Crippen molar-refractivity contribution in [2.24, 2.45) is 11.3 Å². The van der Waals surface area contributed by atoms with E-state index in [-0.39, 0.29) is 41.3 Å². The fourth-order valence-corrected chi connectivity index (χ4v) is 7.11. The van der Waals surface area contributed by atoms with Gasteiger partial charge >= 0.3 is 12.2 Å². The first-order valence-electron chi connectivity index (χ1n) is 12.2. The number of benzene rings is 1. The van der Waals surface area contributed by atoms with Gasteiger partial charge in [0.05, 0.1) is 18.8 Å². The lowest BCUT2D eigenvalue weighted by Crippen LogP contribution is -2.75. The number of hydrogen-bond acceptors (Lipinski definition) is 6. The van der Waals surface area contributed by atoms with E-state index in [0.29, 0.717) is 42.1 Å². The number of hydrogen-bond donors (Lipinski definition) is 1. The molecule has 35 heavy (non-hydrogen) atoms. The van der Waals surface area contributed by atoms with Crippen molar-refractivity contribution in [1.82, 2.24) is 4.90 Å². The zero-order valence-corrected chi connectivity index (χ0v) is 20.1. The monoisotopic (exact) mass is 511 g/mol. The van der Waals surface area contributed by atoms with E-state index in [1.165, 1.54) is 0 Å². The summed E-state index contributed by atoms with van der Waals surface area (Å²) in [7, 11) is 0. The van der Waals surface area contributed by atoms with Gasteiger partial charge in [-0.3, -0.25) is 9.69 Å². The van der Waals surface area contributed by atoms with Crippen LogP contribution in [-0.2, 0) is 14.3 Å². The Balaban J connectivity index is 1.01. The number of nitrogens with zero attached hydrogens (tertiary/aromatic N) is 1. The number of cyclic esters (lactones) is 1. The number of aliphatic hydroxyl groups is 1. The average Bonchev–Trinajstić information content (AvgIpc) is 3.06. The Hall–Kier alpha value is -1.97. The Labute approximate surface area is 206 Å². The van der Waals surface area contributed by atoms with E-state index >= 15 is 0 Å². The van der Waals surface area contributed by atoms with Gasteiger partial charge < -0.3 is 19.3 Å². The zero-order valence-electron chi connectivity index (χ0n) is 19.3. The van der Waals surface area contributed by atoms with E-state index in [2.05, 4.69) is 0 Å². The summed E-state index contributed by atoms with van der Waals surface area (Å²) < 4.78 is 42.2. The number of carbonyl (C=O) groups is 2. The molecule has 7 rings (SSSR count). The van der Waals surface area contributed by atoms with Crippen molar-refractivity contribution >= 4 is 23.5 Å². The second-order valence-corrected chi connectivity index (χ2v) is 11.7. The van der Waals surface area contributed by atoms with Crippen LogP contribution in [0.2, 0.25) is 5.02 Å². The highest BCUT2D eigenvalue weighted by Gasteiger charge is 2.72. The number of rotatable bonds is 7. The molecule has 1 saturated heterocycles. The van der Waals surface area contributed by atoms with Gasteiger partial charge in [-0.25, -0.2) is 4.79 Å². The Kier molecular flexibility index (Phi) is 5.20. The Morgan fingerprint density at radius 2 is 1.97 bits per heavy atom. The minimum atomic E-state index is -3.15. The molecule has 1 unspecified atom stereocenters. The second kappa shape index (κ2) is 7.76. The predicted molar refractivity (Wildman–Crippen MR) is 119 cm³/mol. The maximum atomic E-state index is 13.0. The number of ether oxygens (including phenoxy) is 3. The number of aliphatic hydroxyl groups excluding tert-OH is 1. The Bertz CT molecular complexity index is 1050. The van der Waals surface area contributed by atoms with E-state index in [4.69, 9.17) is 25.8 Å². The molecule has 190 valence electrons. The van der Waals surface area contributed by atoms with Crippen LogP contribution in [0, 0.1) is 11.3 Å². The van der Waals surface area contributed by atoms with E-state index in [9.17, 15) is 23.5 Å². The predicted octanol–water partition coefficient (Wildman–Crippen LogP) is 4.64. The molecule has 3 atom stereocenters. The first-order chi connectivity index (χ1) is 16.4. The van der Waals surface area contributed by atoms with Gasteiger partial charge in [0.15, 0.2) is 11.9 Å². The number of alkyl halides is 2. The van der Waals surface area contributed by atoms with Crippen LogP contribution in [0.15, 0.2) is 18.2 Å². The van der Waals surface area contributed by atoms with Crippen LogP contribution in [0.3, 0.4) is 0 Å². The van der Waals surface area contributed by atoms with Crippen molar-refractivity contribution < 1.29 is 37.7 Å². The van der Waals surface area contributed by atoms with Gasteiger partial charge in [-0.15, -0.1) is 0 Å². The lowest BCUT2D eigenvalue weighted by Gasteiger charge is -2.73. The van der Waals surface area contributed by atoms with Crippen molar-refractivity contribution in [2.45, 2.75) is 87.9 Å². The molecule has 2 aliphatic heterocycles. The molecule has 4 aliphatic carbocycles. The topological polar surface area (TPSA) is 85.3 Å². The number of ketones is 1. The highest BCUT2D eigenvalue weighted by atomic mass is 35.5. The van der Waals surface area contributed by atoms with Crippen LogP contribution >= 0.6 is 11.6 Å². The number of carbonyl (C=O) groups excluding carboxylic acids is 2. The van der Waals surface area contributed by atoms with Crippen LogP contribution in [0.5, 0.6) is 5.75 Å². The van der Waals surface area contributed by atoms with Gasteiger partial charge in [-0.05, 0) is 55.7 Å². The second-order valence-electron chi connectivity index (χ2n) is 11.2. The molecule has 2 heterocycles. The molecule has 1 aromatic carbocycles. The van der Waals surface area contributed by atoms with Crippen LogP contribution in [0.4, 0.5) is 13.6 Å². The van der Waals surface area contributed by atoms with Crippen molar-refractivity contribution in [2.75, 3.05) is 6.54 Å². The summed E-state index contributed by atoms with van der Waals surface area (Å²) in [6, 6.07) is 5.00. The molecule has 6 aliphatic rings. The summed E-state index contributed by atoms with van der Waals surface area (Å²) >= 11 is 6.00. The van der Waals surface area contributed by atoms with Crippen LogP contribution in [-0.4, -0.2) is 58.4 Å². The molecule has 1 aromatic rings. The maximum absolute atomic E-state index is 13.0. The quantitative estimate of drug-likeness (QED) is 0.574. The SMILES string of the molecule is CC(F)(F)OC1CC(C2CN(C34CC(CC(=O)[C@H]5C[C@@H](O)c6cc(Cl)ccc6O5)(C3)C4)C(=O)O2)C1. The molecule has 0 radical (unpaired) electrons. The molecule has 5 fully saturated rings. The van der Waals surface area contributed by atoms with E-state index in [1.807, 2.05) is 0 Å². The molecule has 1 N–H and O–H groups in total. The zero-order chi connectivity index (χ0) is 24.8. The highest BCUT2D eigenvalue weighted by molar-refractivity contribution is 6.30. The molecule has 1 amide bonds. The maximum Gasteiger partial charge on any atom is 0.410 e. The summed E-state index contributed by atoms with van der Waals surface area (Å²) in [5, 5.41) is 11.0. The summed E-state index contributed by atoms with van der Waals surface area (Å²) in [5.41, 5.74) is 0.200. The lowest BCUT2D eigenvalue weighted by molar-refractivity contribution is -0.271. The first kappa shape index (κ1) is 23.4. The third-order valence-corrected chi connectivity index (χ3v) is 8.73. The number of halogens is 3. The van der Waals surface area contributed by atoms with Crippen LogP contribution in [0.25, 0.3) is 0 Å². The minimum Gasteiger partial charge on any atom is -0.482 e. The molecule has 0 spiro atoms. The normalized spacial score (nSPS) is 39.5. The van der Waals surface area contributed by atoms with Crippen molar-refractivity contribution in [3.05, 3.63) is 28.8 Å². The van der Waals surface area contributed by atoms with Crippen molar-refractivity contribution in [3.63, 3.8) is 0 Å². The van der Waals surface area contributed by atoms with Crippen LogP contribution in [0.1, 0.15) is 63.5 Å². The van der Waals surface area contributed by atoms with Gasteiger partial charge in [0.2, 0.25) is 0 Å². The summed E-state index contributed by atoms with van der Waals surface area (Å²) in [4.78, 5) is 27.4. The standard InChI is InChI=1S/C25H28ClF2NO6/c1-23(27,28)35-15-4-13(5-15)21-9-29(22(32)34-21)25-10-24(11-25,12-25)8-18(31)20-7-17(30)16-6-14(26)2-3-19(16)33-20/h2-3,6,13,15,17,20-21,30H,4-5,7-12H2,1H3/t13?,15?,17-,20-,21?,24?,25?/m1/s1. The van der Waals surface area contributed by atoms with Gasteiger partial charge in [0.25, 0.3) is 0 Å². The molecule has 0 aromatic heterocycles. The summed E-state index contributed by atoms with van der Waals surface area (Å²) in [6.07, 6.45) is -2.10. The third kappa shape index (κ3) is 4.00. The smallest absolute Gasteiger partial charge is 0.410 e. The average molecular weight is 512 g/mol. The van der Waals surface area contributed by atoms with Crippen molar-refractivity contribution in [3.8, 4) is 5.75 Å². The highest BCUT2D eigenvalue weighted by Crippen LogP contribution is 2.72. The number of amides is 1. The van der Waals surface area contributed by atoms with Crippen LogP contribution < -0.4 is 4.74 Å². The summed E-state index contributed by atoms with van der Waals surface area (Å²) in [5.74, 6) is 0.484. The molecular formula is C25H28ClF2NO6. The summed E-state index contributed by atoms with van der Waals surface area (Å²) in [6.45, 7) is 1.19. The fraction of sp³-hybridized carbons (Fsp3) is 0.680. The lowest BCUT2D eigenvalue weighted by atomic mass is 9.37. The van der Waals surface area contributed by atoms with E-state index in [0.717, 1.165) is 26.2 Å². The molecular weight excluding hydrogens is 484 g/mol. The first-order valence-corrected chi connectivity index (χ1v) is 12.5. The van der Waals surface area contributed by atoms with Crippen molar-refractivity contribution in [1.29, 1.82) is 0 Å². The van der Waals surface area contributed by atoms with E-state index < -0.39 is 24.4 Å². The largest absolute Gasteiger partial charge is 0.482 e. The minimum absolute atomic E-state index is 0.0341. The van der Waals surface area contributed by atoms with Gasteiger partial charge in [0, 0.05) is 41.8 Å². The van der Waals surface area contributed by atoms with Gasteiger partial charge in [0.1, 0.15) is 11.9 Å². The third-order valence-electron chi connectivity index (χ3n) is 8.50. The van der Waals surface area contributed by atoms with E-state index in [1.54, 1.807) is 23.1 Å². The molecule has 7 nitrogen and oxygen atoms in total. The number of fused-ring (bicyclic) bond motifs is 1. The molecule has 4 saturated carbocycles. The Morgan fingerprint density at radius 1 is 1.26 bits per heavy atom.